The van der Waals surface area contributed by atoms with Crippen LogP contribution in [0.15, 0.2) is 48.5 Å². The number of carbonyl (C=O) groups excluding carboxylic acids is 2. The van der Waals surface area contributed by atoms with Gasteiger partial charge in [0.25, 0.3) is 0 Å². The van der Waals surface area contributed by atoms with Crippen LogP contribution < -0.4 is 20.3 Å². The van der Waals surface area contributed by atoms with Gasteiger partial charge in [0.05, 0.1) is 7.11 Å². The molecule has 2 amide bonds. The van der Waals surface area contributed by atoms with Gasteiger partial charge in [-0.25, -0.2) is 0 Å². The number of hydrogen-bond acceptors (Lipinski definition) is 5. The highest BCUT2D eigenvalue weighted by molar-refractivity contribution is 6.39. The van der Waals surface area contributed by atoms with E-state index in [0.29, 0.717) is 24.4 Å². The molecule has 154 valence electrons. The van der Waals surface area contributed by atoms with Crippen molar-refractivity contribution in [2.24, 2.45) is 0 Å². The summed E-state index contributed by atoms with van der Waals surface area (Å²) in [4.78, 5) is 28.8. The molecule has 3 rings (SSSR count). The van der Waals surface area contributed by atoms with E-state index in [1.165, 1.54) is 5.69 Å². The maximum Gasteiger partial charge on any atom is 0.313 e. The average Bonchev–Trinajstić information content (AvgIpc) is 2.75. The molecule has 0 aliphatic carbocycles. The molecule has 0 atom stereocenters. The van der Waals surface area contributed by atoms with Crippen LogP contribution >= 0.6 is 0 Å². The van der Waals surface area contributed by atoms with Crippen LogP contribution in [0.5, 0.6) is 5.75 Å². The first-order chi connectivity index (χ1) is 14.0. The molecule has 7 heteroatoms. The Morgan fingerprint density at radius 3 is 2.41 bits per heavy atom. The largest absolute Gasteiger partial charge is 0.497 e. The normalized spacial score (nSPS) is 14.3. The minimum atomic E-state index is -0.691. The summed E-state index contributed by atoms with van der Waals surface area (Å²) in [5, 5.41) is 5.24. The quantitative estimate of drug-likeness (QED) is 0.728. The summed E-state index contributed by atoms with van der Waals surface area (Å²) in [6.07, 6.45) is 0.668. The Hall–Kier alpha value is -3.06. The van der Waals surface area contributed by atoms with Crippen molar-refractivity contribution in [2.45, 2.75) is 6.42 Å². The van der Waals surface area contributed by atoms with Gasteiger partial charge in [0.2, 0.25) is 0 Å². The van der Waals surface area contributed by atoms with Crippen LogP contribution in [-0.4, -0.2) is 63.6 Å². The lowest BCUT2D eigenvalue weighted by Gasteiger charge is -2.34. The van der Waals surface area contributed by atoms with E-state index >= 15 is 0 Å². The predicted molar refractivity (Wildman–Crippen MR) is 114 cm³/mol. The molecule has 1 aliphatic heterocycles. The van der Waals surface area contributed by atoms with Gasteiger partial charge in [-0.15, -0.1) is 0 Å². The lowest BCUT2D eigenvalue weighted by molar-refractivity contribution is -0.136. The van der Waals surface area contributed by atoms with E-state index < -0.39 is 11.8 Å². The summed E-state index contributed by atoms with van der Waals surface area (Å²) in [5.41, 5.74) is 2.86. The van der Waals surface area contributed by atoms with Crippen LogP contribution in [0, 0.1) is 0 Å². The number of anilines is 2. The molecule has 1 saturated heterocycles. The zero-order chi connectivity index (χ0) is 20.6. The number of methoxy groups -OCH3 is 1. The number of likely N-dealkylation sites (N-methyl/N-ethyl adjacent to an activating group) is 1. The molecular formula is C22H28N4O3. The number of benzene rings is 2. The van der Waals surface area contributed by atoms with Crippen molar-refractivity contribution >= 4 is 23.2 Å². The third kappa shape index (κ3) is 5.96. The molecule has 0 aromatic heterocycles. The van der Waals surface area contributed by atoms with Crippen LogP contribution in [0.2, 0.25) is 0 Å². The second kappa shape index (κ2) is 9.93. The average molecular weight is 396 g/mol. The number of rotatable bonds is 6. The van der Waals surface area contributed by atoms with Crippen molar-refractivity contribution in [1.82, 2.24) is 10.2 Å². The van der Waals surface area contributed by atoms with E-state index in [0.717, 1.165) is 31.7 Å². The number of carbonyl (C=O) groups is 2. The first-order valence-electron chi connectivity index (χ1n) is 9.81. The second-order valence-electron chi connectivity index (χ2n) is 7.15. The van der Waals surface area contributed by atoms with Crippen LogP contribution in [0.1, 0.15) is 5.56 Å². The summed E-state index contributed by atoms with van der Waals surface area (Å²) in [6, 6.07) is 15.3. The topological polar surface area (TPSA) is 73.9 Å². The first-order valence-corrected chi connectivity index (χ1v) is 9.81. The Labute approximate surface area is 171 Å². The van der Waals surface area contributed by atoms with Gasteiger partial charge in [-0.05, 0) is 43.3 Å². The molecule has 1 heterocycles. The summed E-state index contributed by atoms with van der Waals surface area (Å²) in [7, 11) is 3.69. The third-order valence-corrected chi connectivity index (χ3v) is 5.04. The predicted octanol–water partition coefficient (Wildman–Crippen LogP) is 1.74. The molecule has 1 aliphatic rings. The molecule has 2 aromatic rings. The molecular weight excluding hydrogens is 368 g/mol. The highest BCUT2D eigenvalue weighted by atomic mass is 16.5. The minimum Gasteiger partial charge on any atom is -0.497 e. The van der Waals surface area contributed by atoms with E-state index in [1.807, 2.05) is 0 Å². The highest BCUT2D eigenvalue weighted by Gasteiger charge is 2.15. The van der Waals surface area contributed by atoms with Crippen molar-refractivity contribution in [3.63, 3.8) is 0 Å². The maximum atomic E-state index is 12.0. The van der Waals surface area contributed by atoms with Crippen molar-refractivity contribution in [3.05, 3.63) is 54.1 Å². The van der Waals surface area contributed by atoms with Crippen molar-refractivity contribution < 1.29 is 14.3 Å². The van der Waals surface area contributed by atoms with Gasteiger partial charge in [0, 0.05) is 50.2 Å². The van der Waals surface area contributed by atoms with E-state index in [9.17, 15) is 9.59 Å². The molecule has 0 radical (unpaired) electrons. The molecule has 0 saturated carbocycles. The van der Waals surface area contributed by atoms with E-state index in [4.69, 9.17) is 4.74 Å². The number of ether oxygens (including phenoxy) is 1. The summed E-state index contributed by atoms with van der Waals surface area (Å²) in [5.74, 6) is -0.728. The molecule has 1 fully saturated rings. The Balaban J connectivity index is 1.43. The number of nitrogens with one attached hydrogen (secondary N) is 2. The summed E-state index contributed by atoms with van der Waals surface area (Å²) >= 11 is 0. The Morgan fingerprint density at radius 2 is 1.72 bits per heavy atom. The molecule has 29 heavy (non-hydrogen) atoms. The SMILES string of the molecule is COc1cccc(NC(=O)C(=O)NCCc2ccc(N3CCN(C)CC3)cc2)c1. The molecule has 0 unspecified atom stereocenters. The Bertz CT molecular complexity index is 830. The van der Waals surface area contributed by atoms with Crippen LogP contribution in [0.3, 0.4) is 0 Å². The fourth-order valence-corrected chi connectivity index (χ4v) is 3.23. The summed E-state index contributed by atoms with van der Waals surface area (Å²) in [6.45, 7) is 4.62. The number of nitrogens with zero attached hydrogens (tertiary/aromatic N) is 2. The second-order valence-corrected chi connectivity index (χ2v) is 7.15. The third-order valence-electron chi connectivity index (χ3n) is 5.04. The first kappa shape index (κ1) is 20.7. The standard InChI is InChI=1S/C22H28N4O3/c1-25-12-14-26(15-13-25)19-8-6-17(7-9-19)10-11-23-21(27)22(28)24-18-4-3-5-20(16-18)29-2/h3-9,16H,10-15H2,1-2H3,(H,23,27)(H,24,28). The van der Waals surface area contributed by atoms with Crippen molar-refractivity contribution in [2.75, 3.05) is 57.1 Å². The fourth-order valence-electron chi connectivity index (χ4n) is 3.23. The molecule has 0 spiro atoms. The van der Waals surface area contributed by atoms with Crippen LogP contribution in [-0.2, 0) is 16.0 Å². The zero-order valence-electron chi connectivity index (χ0n) is 17.0. The monoisotopic (exact) mass is 396 g/mol. The molecule has 0 bridgehead atoms. The van der Waals surface area contributed by atoms with Gasteiger partial charge in [0.15, 0.2) is 0 Å². The van der Waals surface area contributed by atoms with Gasteiger partial charge < -0.3 is 25.2 Å². The highest BCUT2D eigenvalue weighted by Crippen LogP contribution is 2.18. The van der Waals surface area contributed by atoms with E-state index in [2.05, 4.69) is 51.7 Å². The van der Waals surface area contributed by atoms with E-state index in [-0.39, 0.29) is 0 Å². The Kier molecular flexibility index (Phi) is 7.08. The van der Waals surface area contributed by atoms with Crippen LogP contribution in [0.4, 0.5) is 11.4 Å². The van der Waals surface area contributed by atoms with Gasteiger partial charge in [-0.3, -0.25) is 9.59 Å². The zero-order valence-corrected chi connectivity index (χ0v) is 17.0. The fraction of sp³-hybridized carbons (Fsp3) is 0.364. The molecule has 2 aromatic carbocycles. The molecule has 7 nitrogen and oxygen atoms in total. The van der Waals surface area contributed by atoms with Gasteiger partial charge in [-0.2, -0.15) is 0 Å². The van der Waals surface area contributed by atoms with E-state index in [1.54, 1.807) is 31.4 Å². The number of hydrogen-bond donors (Lipinski definition) is 2. The summed E-state index contributed by atoms with van der Waals surface area (Å²) < 4.78 is 5.11. The lowest BCUT2D eigenvalue weighted by atomic mass is 10.1. The number of piperazine rings is 1. The van der Waals surface area contributed by atoms with Gasteiger partial charge in [-0.1, -0.05) is 18.2 Å². The van der Waals surface area contributed by atoms with Gasteiger partial charge in [0.1, 0.15) is 5.75 Å². The van der Waals surface area contributed by atoms with Crippen molar-refractivity contribution in [3.8, 4) is 5.75 Å². The minimum absolute atomic E-state index is 0.401. The molecule has 2 N–H and O–H groups in total. The van der Waals surface area contributed by atoms with Crippen molar-refractivity contribution in [1.29, 1.82) is 0 Å². The Morgan fingerprint density at radius 1 is 1.00 bits per heavy atom. The maximum absolute atomic E-state index is 12.0. The van der Waals surface area contributed by atoms with Crippen LogP contribution in [0.25, 0.3) is 0 Å². The number of amides is 2. The lowest BCUT2D eigenvalue weighted by Crippen LogP contribution is -2.44. The smallest absolute Gasteiger partial charge is 0.313 e. The van der Waals surface area contributed by atoms with Gasteiger partial charge >= 0.3 is 11.8 Å².